The van der Waals surface area contributed by atoms with Crippen molar-refractivity contribution in [3.05, 3.63) is 10.6 Å². The number of nitrogens with zero attached hydrogens (tertiary/aromatic N) is 3. The number of hydrogen-bond acceptors (Lipinski definition) is 9. The molecule has 0 radical (unpaired) electrons. The maximum atomic E-state index is 11.4. The minimum Gasteiger partial charge on any atom is -0.444 e. The van der Waals surface area contributed by atoms with Crippen LogP contribution < -0.4 is 16.4 Å². The number of carbonyl (C=O) groups is 1. The first-order valence-corrected chi connectivity index (χ1v) is 6.45. The van der Waals surface area contributed by atoms with Gasteiger partial charge >= 0.3 is 11.8 Å². The van der Waals surface area contributed by atoms with Gasteiger partial charge in [0.2, 0.25) is 11.6 Å². The van der Waals surface area contributed by atoms with Gasteiger partial charge in [0.1, 0.15) is 5.60 Å². The van der Waals surface area contributed by atoms with Crippen LogP contribution in [0.2, 0.25) is 0 Å². The van der Waals surface area contributed by atoms with Crippen molar-refractivity contribution in [2.24, 2.45) is 0 Å². The highest BCUT2D eigenvalue weighted by atomic mass is 16.6. The molecule has 2 heterocycles. The minimum atomic E-state index is -0.712. The summed E-state index contributed by atoms with van der Waals surface area (Å²) in [6.07, 6.45) is -0.520. The second-order valence-corrected chi connectivity index (χ2v) is 5.26. The first-order chi connectivity index (χ1) is 10.3. The van der Waals surface area contributed by atoms with E-state index in [2.05, 4.69) is 40.2 Å². The van der Waals surface area contributed by atoms with E-state index in [0.29, 0.717) is 6.54 Å². The van der Waals surface area contributed by atoms with Crippen molar-refractivity contribution in [2.75, 3.05) is 18.4 Å². The third kappa shape index (κ3) is 4.33. The summed E-state index contributed by atoms with van der Waals surface area (Å²) >= 11 is 0. The summed E-state index contributed by atoms with van der Waals surface area (Å²) in [4.78, 5) is 24.7. The van der Waals surface area contributed by atoms with Crippen LogP contribution >= 0.6 is 0 Å². The lowest BCUT2D eigenvalue weighted by molar-refractivity contribution is 0.0530. The van der Waals surface area contributed by atoms with Gasteiger partial charge in [-0.3, -0.25) is 9.51 Å². The number of anilines is 1. The Labute approximate surface area is 124 Å². The highest BCUT2D eigenvalue weighted by molar-refractivity contribution is 5.68. The Hall–Kier alpha value is -2.85. The molecule has 22 heavy (non-hydrogen) atoms. The van der Waals surface area contributed by atoms with Crippen molar-refractivity contribution in [2.45, 2.75) is 26.4 Å². The average Bonchev–Trinajstić information content (AvgIpc) is 3.01. The summed E-state index contributed by atoms with van der Waals surface area (Å²) in [5, 5.41) is 16.2. The van der Waals surface area contributed by atoms with Gasteiger partial charge < -0.3 is 15.4 Å². The molecular weight excluding hydrogens is 296 g/mol. The Morgan fingerprint density at radius 2 is 2.05 bits per heavy atom. The number of nitrogens with one attached hydrogen (secondary N) is 3. The second-order valence-electron chi connectivity index (χ2n) is 5.26. The van der Waals surface area contributed by atoms with Gasteiger partial charge in [-0.05, 0) is 31.1 Å². The summed E-state index contributed by atoms with van der Waals surface area (Å²) in [5.41, 5.74) is -0.359. The molecule has 0 bridgehead atoms. The van der Waals surface area contributed by atoms with Crippen molar-refractivity contribution in [3.63, 3.8) is 0 Å². The summed E-state index contributed by atoms with van der Waals surface area (Å²) in [6.45, 7) is 5.95. The maximum absolute atomic E-state index is 11.4. The third-order valence-corrected chi connectivity index (χ3v) is 2.24. The first-order valence-electron chi connectivity index (χ1n) is 6.45. The van der Waals surface area contributed by atoms with E-state index in [1.165, 1.54) is 0 Å². The normalized spacial score (nSPS) is 11.2. The van der Waals surface area contributed by atoms with E-state index in [1.54, 1.807) is 20.8 Å². The van der Waals surface area contributed by atoms with E-state index in [-0.39, 0.29) is 23.9 Å². The molecule has 0 aromatic carbocycles. The van der Waals surface area contributed by atoms with Crippen LogP contribution in [0.25, 0.3) is 11.5 Å². The Kier molecular flexibility index (Phi) is 4.44. The van der Waals surface area contributed by atoms with Gasteiger partial charge in [-0.2, -0.15) is 0 Å². The smallest absolute Gasteiger partial charge is 0.439 e. The molecular formula is C11H16N6O5. The number of rotatable bonds is 5. The van der Waals surface area contributed by atoms with E-state index in [1.807, 2.05) is 0 Å². The van der Waals surface area contributed by atoms with E-state index in [4.69, 9.17) is 4.74 Å². The number of ether oxygens (including phenoxy) is 1. The van der Waals surface area contributed by atoms with E-state index in [9.17, 15) is 9.59 Å². The van der Waals surface area contributed by atoms with Crippen LogP contribution in [-0.2, 0) is 4.74 Å². The lowest BCUT2D eigenvalue weighted by Crippen LogP contribution is -2.35. The van der Waals surface area contributed by atoms with Crippen LogP contribution in [0.3, 0.4) is 0 Å². The summed E-state index contributed by atoms with van der Waals surface area (Å²) < 4.78 is 14.0. The Morgan fingerprint density at radius 1 is 1.27 bits per heavy atom. The first kappa shape index (κ1) is 15.5. The molecule has 2 rings (SSSR count). The zero-order valence-electron chi connectivity index (χ0n) is 12.3. The fraction of sp³-hybridized carbons (Fsp3) is 0.545. The molecule has 3 N–H and O–H groups in total. The maximum Gasteiger partial charge on any atom is 0.439 e. The van der Waals surface area contributed by atoms with Crippen LogP contribution in [0.1, 0.15) is 20.8 Å². The van der Waals surface area contributed by atoms with Gasteiger partial charge in [0.05, 0.1) is 0 Å². The highest BCUT2D eigenvalue weighted by Gasteiger charge is 2.17. The fourth-order valence-corrected chi connectivity index (χ4v) is 1.45. The van der Waals surface area contributed by atoms with Crippen LogP contribution in [0, 0.1) is 0 Å². The SMILES string of the molecule is CC(C)(C)OC(=O)NCCNc1nonc1-c1noc(=O)[nH]1. The topological polar surface area (TPSA) is 148 Å². The summed E-state index contributed by atoms with van der Waals surface area (Å²) in [5.74, 6) is -0.361. The van der Waals surface area contributed by atoms with Crippen molar-refractivity contribution >= 4 is 11.9 Å². The number of carbonyl (C=O) groups excluding carboxylic acids is 1. The average molecular weight is 312 g/mol. The standard InChI is InChI=1S/C11H16N6O5/c1-11(2,3)20-9(18)13-5-4-12-7-6(15-22-17-7)8-14-10(19)21-16-8/h4-5H2,1-3H3,(H,12,17)(H,13,18)(H,14,16,19). The van der Waals surface area contributed by atoms with Gasteiger partial charge in [0.25, 0.3) is 0 Å². The molecule has 0 saturated heterocycles. The molecule has 0 aliphatic heterocycles. The van der Waals surface area contributed by atoms with E-state index >= 15 is 0 Å². The Morgan fingerprint density at radius 3 is 2.68 bits per heavy atom. The molecule has 0 unspecified atom stereocenters. The molecule has 0 fully saturated rings. The van der Waals surface area contributed by atoms with Gasteiger partial charge in [0, 0.05) is 13.1 Å². The molecule has 0 atom stereocenters. The largest absolute Gasteiger partial charge is 0.444 e. The number of aromatic amines is 1. The fourth-order valence-electron chi connectivity index (χ4n) is 1.45. The third-order valence-electron chi connectivity index (χ3n) is 2.24. The molecule has 11 nitrogen and oxygen atoms in total. The van der Waals surface area contributed by atoms with Crippen LogP contribution in [0.5, 0.6) is 0 Å². The second kappa shape index (κ2) is 6.28. The number of H-pyrrole nitrogens is 1. The molecule has 120 valence electrons. The molecule has 1 amide bonds. The minimum absolute atomic E-state index is 0.0915. The molecule has 2 aromatic rings. The van der Waals surface area contributed by atoms with Crippen LogP contribution in [0.4, 0.5) is 10.6 Å². The lowest BCUT2D eigenvalue weighted by atomic mass is 10.2. The van der Waals surface area contributed by atoms with Crippen LogP contribution in [0.15, 0.2) is 13.9 Å². The zero-order valence-corrected chi connectivity index (χ0v) is 12.3. The Balaban J connectivity index is 1.82. The van der Waals surface area contributed by atoms with Gasteiger partial charge in [-0.15, -0.1) is 0 Å². The predicted molar refractivity (Wildman–Crippen MR) is 73.1 cm³/mol. The van der Waals surface area contributed by atoms with E-state index in [0.717, 1.165) is 0 Å². The molecule has 0 aliphatic carbocycles. The van der Waals surface area contributed by atoms with Crippen molar-refractivity contribution in [1.29, 1.82) is 0 Å². The predicted octanol–water partition coefficient (Wildman–Crippen LogP) is 0.349. The lowest BCUT2D eigenvalue weighted by Gasteiger charge is -2.19. The van der Waals surface area contributed by atoms with Gasteiger partial charge in [0.15, 0.2) is 5.69 Å². The molecule has 0 saturated carbocycles. The quantitative estimate of drug-likeness (QED) is 0.665. The molecule has 0 aliphatic rings. The van der Waals surface area contributed by atoms with Gasteiger partial charge in [-0.25, -0.2) is 14.2 Å². The van der Waals surface area contributed by atoms with Crippen molar-refractivity contribution < 1.29 is 18.7 Å². The summed E-state index contributed by atoms with van der Waals surface area (Å²) in [7, 11) is 0. The van der Waals surface area contributed by atoms with Crippen molar-refractivity contribution in [1.82, 2.24) is 25.8 Å². The van der Waals surface area contributed by atoms with Gasteiger partial charge in [-0.1, -0.05) is 5.16 Å². The highest BCUT2D eigenvalue weighted by Crippen LogP contribution is 2.18. The zero-order chi connectivity index (χ0) is 16.2. The van der Waals surface area contributed by atoms with E-state index < -0.39 is 17.5 Å². The monoisotopic (exact) mass is 312 g/mol. The number of amides is 1. The number of hydrogen-bond donors (Lipinski definition) is 3. The van der Waals surface area contributed by atoms with Crippen molar-refractivity contribution in [3.8, 4) is 11.5 Å². The number of alkyl carbamates (subject to hydrolysis) is 1. The molecule has 0 spiro atoms. The number of aromatic nitrogens is 4. The molecule has 2 aromatic heterocycles. The van der Waals surface area contributed by atoms with Crippen LogP contribution in [-0.4, -0.2) is 45.2 Å². The Bertz CT molecular complexity index is 681. The molecule has 11 heteroatoms. The summed E-state index contributed by atoms with van der Waals surface area (Å²) in [6, 6.07) is 0.